The number of hydrogen-bond donors (Lipinski definition) is 0. The molecule has 0 fully saturated rings. The van der Waals surface area contributed by atoms with Crippen molar-refractivity contribution in [2.24, 2.45) is 0 Å². The fraction of sp³-hybridized carbons (Fsp3) is 0.267. The second kappa shape index (κ2) is 4.80. The van der Waals surface area contributed by atoms with Crippen molar-refractivity contribution in [2.75, 3.05) is 6.61 Å². The molecule has 2 heterocycles. The number of fused-ring (bicyclic) bond motifs is 1. The predicted octanol–water partition coefficient (Wildman–Crippen LogP) is 2.34. The first-order chi connectivity index (χ1) is 9.25. The Labute approximate surface area is 111 Å². The molecule has 3 rings (SSSR count). The summed E-state index contributed by atoms with van der Waals surface area (Å²) >= 11 is 0. The summed E-state index contributed by atoms with van der Waals surface area (Å²) in [6.45, 7) is 2.44. The Morgan fingerprint density at radius 3 is 3.05 bits per heavy atom. The van der Waals surface area contributed by atoms with Crippen molar-refractivity contribution in [3.05, 3.63) is 53.1 Å². The fourth-order valence-electron chi connectivity index (χ4n) is 2.29. The molecule has 0 radical (unpaired) electrons. The van der Waals surface area contributed by atoms with E-state index in [1.807, 2.05) is 12.1 Å². The summed E-state index contributed by atoms with van der Waals surface area (Å²) in [5.41, 5.74) is 2.10. The van der Waals surface area contributed by atoms with Crippen LogP contribution in [0.25, 0.3) is 0 Å². The topological polar surface area (TPSA) is 52.1 Å². The lowest BCUT2D eigenvalue weighted by Gasteiger charge is -2.19. The van der Waals surface area contributed by atoms with Gasteiger partial charge in [-0.05, 0) is 37.5 Å². The van der Waals surface area contributed by atoms with Gasteiger partial charge in [-0.25, -0.2) is 9.97 Å². The maximum atomic E-state index is 12.5. The molecule has 0 atom stereocenters. The number of carbonyl (C=O) groups is 1. The summed E-state index contributed by atoms with van der Waals surface area (Å²) in [6.07, 6.45) is 3.56. The van der Waals surface area contributed by atoms with Crippen LogP contribution in [0.5, 0.6) is 5.75 Å². The Morgan fingerprint density at radius 2 is 2.21 bits per heavy atom. The molecular formula is C15H14N2O2. The summed E-state index contributed by atoms with van der Waals surface area (Å²) in [5, 5.41) is 0. The van der Waals surface area contributed by atoms with E-state index in [9.17, 15) is 4.79 Å². The highest BCUT2D eigenvalue weighted by Gasteiger charge is 2.20. The second-order valence-electron chi connectivity index (χ2n) is 4.56. The maximum absolute atomic E-state index is 12.5. The Balaban J connectivity index is 2.05. The van der Waals surface area contributed by atoms with E-state index in [1.165, 1.54) is 0 Å². The van der Waals surface area contributed by atoms with E-state index >= 15 is 0 Å². The molecule has 0 aliphatic carbocycles. The van der Waals surface area contributed by atoms with E-state index in [0.29, 0.717) is 23.7 Å². The van der Waals surface area contributed by atoms with Crippen molar-refractivity contribution in [2.45, 2.75) is 19.8 Å². The Hall–Kier alpha value is -2.23. The molecule has 0 amide bonds. The Kier molecular flexibility index (Phi) is 2.99. The average molecular weight is 254 g/mol. The number of ether oxygens (including phenoxy) is 1. The van der Waals surface area contributed by atoms with Crippen molar-refractivity contribution in [3.8, 4) is 5.75 Å². The molecule has 19 heavy (non-hydrogen) atoms. The van der Waals surface area contributed by atoms with Crippen LogP contribution in [0.2, 0.25) is 0 Å². The van der Waals surface area contributed by atoms with E-state index in [2.05, 4.69) is 9.97 Å². The van der Waals surface area contributed by atoms with Crippen LogP contribution in [0.3, 0.4) is 0 Å². The second-order valence-corrected chi connectivity index (χ2v) is 4.56. The number of nitrogens with zero attached hydrogens (tertiary/aromatic N) is 2. The fourth-order valence-corrected chi connectivity index (χ4v) is 2.29. The smallest absolute Gasteiger partial charge is 0.215 e. The van der Waals surface area contributed by atoms with Gasteiger partial charge in [0.25, 0.3) is 0 Å². The monoisotopic (exact) mass is 254 g/mol. The van der Waals surface area contributed by atoms with Gasteiger partial charge in [-0.1, -0.05) is 12.1 Å². The van der Waals surface area contributed by atoms with Crippen molar-refractivity contribution in [1.29, 1.82) is 0 Å². The lowest BCUT2D eigenvalue weighted by Crippen LogP contribution is -2.14. The number of carbonyl (C=O) groups excluding carboxylic acids is 1. The van der Waals surface area contributed by atoms with Crippen LogP contribution in [-0.4, -0.2) is 22.4 Å². The molecule has 1 aliphatic rings. The summed E-state index contributed by atoms with van der Waals surface area (Å²) in [4.78, 5) is 20.7. The number of benzene rings is 1. The van der Waals surface area contributed by atoms with Gasteiger partial charge in [0.1, 0.15) is 17.3 Å². The number of rotatable bonds is 2. The molecule has 0 saturated heterocycles. The first kappa shape index (κ1) is 11.8. The van der Waals surface area contributed by atoms with Crippen LogP contribution in [0.4, 0.5) is 0 Å². The van der Waals surface area contributed by atoms with Gasteiger partial charge in [0.15, 0.2) is 0 Å². The number of ketones is 1. The molecule has 4 nitrogen and oxygen atoms in total. The first-order valence-corrected chi connectivity index (χ1v) is 6.35. The van der Waals surface area contributed by atoms with Crippen LogP contribution >= 0.6 is 0 Å². The molecule has 0 saturated carbocycles. The van der Waals surface area contributed by atoms with E-state index in [4.69, 9.17) is 4.74 Å². The van der Waals surface area contributed by atoms with Crippen molar-refractivity contribution in [1.82, 2.24) is 9.97 Å². The minimum Gasteiger partial charge on any atom is -0.493 e. The SMILES string of the molecule is Cc1nccc(C(=O)c2cccc3c2OCCC3)n1. The largest absolute Gasteiger partial charge is 0.493 e. The normalized spacial score (nSPS) is 13.5. The number of para-hydroxylation sites is 1. The van der Waals surface area contributed by atoms with Gasteiger partial charge in [0, 0.05) is 6.20 Å². The highest BCUT2D eigenvalue weighted by Crippen LogP contribution is 2.30. The molecule has 96 valence electrons. The molecule has 2 aromatic rings. The predicted molar refractivity (Wildman–Crippen MR) is 70.5 cm³/mol. The number of hydrogen-bond acceptors (Lipinski definition) is 4. The maximum Gasteiger partial charge on any atom is 0.215 e. The molecular weight excluding hydrogens is 240 g/mol. The van der Waals surface area contributed by atoms with Gasteiger partial charge < -0.3 is 4.74 Å². The summed E-state index contributed by atoms with van der Waals surface area (Å²) in [7, 11) is 0. The standard InChI is InChI=1S/C15H14N2O2/c1-10-16-8-7-13(17-10)14(18)12-6-2-4-11-5-3-9-19-15(11)12/h2,4,6-8H,3,5,9H2,1H3. The zero-order valence-corrected chi connectivity index (χ0v) is 10.7. The zero-order valence-electron chi connectivity index (χ0n) is 10.7. The lowest BCUT2D eigenvalue weighted by atomic mass is 9.99. The third-order valence-electron chi connectivity index (χ3n) is 3.19. The lowest BCUT2D eigenvalue weighted by molar-refractivity contribution is 0.102. The molecule has 0 spiro atoms. The van der Waals surface area contributed by atoms with Crippen LogP contribution < -0.4 is 4.74 Å². The average Bonchev–Trinajstić information content (AvgIpc) is 2.46. The van der Waals surface area contributed by atoms with E-state index < -0.39 is 0 Å². The summed E-state index contributed by atoms with van der Waals surface area (Å²) < 4.78 is 5.66. The van der Waals surface area contributed by atoms with Gasteiger partial charge >= 0.3 is 0 Å². The minimum atomic E-state index is -0.107. The third-order valence-corrected chi connectivity index (χ3v) is 3.19. The highest BCUT2D eigenvalue weighted by molar-refractivity contribution is 6.09. The highest BCUT2D eigenvalue weighted by atomic mass is 16.5. The van der Waals surface area contributed by atoms with Crippen LogP contribution in [-0.2, 0) is 6.42 Å². The quantitative estimate of drug-likeness (QED) is 0.772. The van der Waals surface area contributed by atoms with Gasteiger partial charge in [-0.2, -0.15) is 0 Å². The van der Waals surface area contributed by atoms with E-state index in [1.54, 1.807) is 25.3 Å². The van der Waals surface area contributed by atoms with Crippen LogP contribution in [0, 0.1) is 6.92 Å². The van der Waals surface area contributed by atoms with Crippen molar-refractivity contribution in [3.63, 3.8) is 0 Å². The molecule has 1 aromatic heterocycles. The molecule has 0 bridgehead atoms. The number of aryl methyl sites for hydroxylation is 2. The molecule has 4 heteroatoms. The first-order valence-electron chi connectivity index (χ1n) is 6.35. The Bertz CT molecular complexity index is 638. The van der Waals surface area contributed by atoms with Crippen molar-refractivity contribution >= 4 is 5.78 Å². The molecule has 0 unspecified atom stereocenters. The molecule has 0 N–H and O–H groups in total. The molecule has 1 aromatic carbocycles. The van der Waals surface area contributed by atoms with Gasteiger partial charge in [0.05, 0.1) is 12.2 Å². The zero-order chi connectivity index (χ0) is 13.2. The van der Waals surface area contributed by atoms with Gasteiger partial charge in [-0.3, -0.25) is 4.79 Å². The van der Waals surface area contributed by atoms with Gasteiger partial charge in [-0.15, -0.1) is 0 Å². The summed E-state index contributed by atoms with van der Waals surface area (Å²) in [5.74, 6) is 1.20. The Morgan fingerprint density at radius 1 is 1.32 bits per heavy atom. The summed E-state index contributed by atoms with van der Waals surface area (Å²) in [6, 6.07) is 7.34. The van der Waals surface area contributed by atoms with E-state index in [0.717, 1.165) is 24.2 Å². The van der Waals surface area contributed by atoms with Crippen LogP contribution in [0.1, 0.15) is 33.9 Å². The van der Waals surface area contributed by atoms with E-state index in [-0.39, 0.29) is 5.78 Å². The van der Waals surface area contributed by atoms with Crippen molar-refractivity contribution < 1.29 is 9.53 Å². The number of aromatic nitrogens is 2. The van der Waals surface area contributed by atoms with Crippen LogP contribution in [0.15, 0.2) is 30.5 Å². The minimum absolute atomic E-state index is 0.107. The molecule has 1 aliphatic heterocycles. The third kappa shape index (κ3) is 2.21. The van der Waals surface area contributed by atoms with Gasteiger partial charge in [0.2, 0.25) is 5.78 Å².